The molecule has 0 fully saturated rings. The Morgan fingerprint density at radius 1 is 0.970 bits per heavy atom. The molecule has 0 saturated heterocycles. The van der Waals surface area contributed by atoms with E-state index in [0.29, 0.717) is 5.71 Å². The fraction of sp³-hybridized carbons (Fsp3) is 0.111. The third kappa shape index (κ3) is 3.10. The molecule has 0 aliphatic rings. The maximum absolute atomic E-state index is 13.0. The first-order valence-corrected chi connectivity index (χ1v) is 10.9. The number of fused-ring (bicyclic) bond motifs is 5. The van der Waals surface area contributed by atoms with Gasteiger partial charge in [0.1, 0.15) is 5.75 Å². The molecule has 33 heavy (non-hydrogen) atoms. The molecule has 1 N–H and O–H groups in total. The van der Waals surface area contributed by atoms with Gasteiger partial charge in [-0.15, -0.1) is 0 Å². The van der Waals surface area contributed by atoms with Gasteiger partial charge in [-0.2, -0.15) is 0 Å². The Hall–Kier alpha value is -4.32. The largest absolute Gasteiger partial charge is 0.497 e. The molecule has 3 aromatic carbocycles. The van der Waals surface area contributed by atoms with E-state index in [1.165, 1.54) is 10.9 Å². The molecule has 6 nitrogen and oxygen atoms in total. The molecule has 162 valence electrons. The van der Waals surface area contributed by atoms with Crippen LogP contribution in [0.2, 0.25) is 0 Å². The van der Waals surface area contributed by atoms with Crippen molar-refractivity contribution in [3.05, 3.63) is 78.6 Å². The summed E-state index contributed by atoms with van der Waals surface area (Å²) < 4.78 is 13.4. The summed E-state index contributed by atoms with van der Waals surface area (Å²) in [5.74, 6) is 0.661. The zero-order chi connectivity index (χ0) is 22.5. The van der Waals surface area contributed by atoms with E-state index in [1.807, 2.05) is 48.5 Å². The normalized spacial score (nSPS) is 11.6. The minimum atomic E-state index is -0.312. The number of nitrogens with zero attached hydrogens (tertiary/aromatic N) is 2. The lowest BCUT2D eigenvalue weighted by Gasteiger charge is -2.05. The van der Waals surface area contributed by atoms with E-state index in [4.69, 9.17) is 9.15 Å². The van der Waals surface area contributed by atoms with Gasteiger partial charge in [-0.05, 0) is 61.5 Å². The van der Waals surface area contributed by atoms with Crippen LogP contribution in [0.3, 0.4) is 0 Å². The van der Waals surface area contributed by atoms with Crippen LogP contribution in [0.15, 0.2) is 77.2 Å². The van der Waals surface area contributed by atoms with E-state index in [0.717, 1.165) is 45.2 Å². The third-order valence-electron chi connectivity index (χ3n) is 6.08. The van der Waals surface area contributed by atoms with Crippen molar-refractivity contribution in [2.24, 2.45) is 0 Å². The number of furan rings is 1. The number of rotatable bonds is 4. The summed E-state index contributed by atoms with van der Waals surface area (Å²) in [6.07, 6.45) is 0. The molecular formula is C27H21N3O3. The quantitative estimate of drug-likeness (QED) is 0.349. The number of hydrogen-bond acceptors (Lipinski definition) is 4. The van der Waals surface area contributed by atoms with Gasteiger partial charge in [0, 0.05) is 44.8 Å². The molecule has 0 unspecified atom stereocenters. The van der Waals surface area contributed by atoms with Gasteiger partial charge in [0.25, 0.3) is 5.91 Å². The topological polar surface area (TPSA) is 69.3 Å². The Morgan fingerprint density at radius 3 is 2.67 bits per heavy atom. The Bertz CT molecular complexity index is 1690. The summed E-state index contributed by atoms with van der Waals surface area (Å²) in [7, 11) is 1.63. The Balaban J connectivity index is 1.36. The van der Waals surface area contributed by atoms with Crippen molar-refractivity contribution in [1.82, 2.24) is 9.55 Å². The van der Waals surface area contributed by atoms with Gasteiger partial charge >= 0.3 is 0 Å². The second-order valence-corrected chi connectivity index (χ2v) is 8.00. The molecule has 0 radical (unpaired) electrons. The minimum absolute atomic E-state index is 0.218. The number of carbonyl (C=O) groups is 1. The third-order valence-corrected chi connectivity index (χ3v) is 6.08. The van der Waals surface area contributed by atoms with Crippen LogP contribution in [0.1, 0.15) is 17.5 Å². The number of hydrogen-bond donors (Lipinski definition) is 1. The van der Waals surface area contributed by atoms with Gasteiger partial charge < -0.3 is 19.0 Å². The molecule has 6 heteroatoms. The molecule has 6 aromatic rings. The number of nitrogens with one attached hydrogen (secondary N) is 1. The molecule has 3 heterocycles. The monoisotopic (exact) mass is 435 g/mol. The molecule has 6 rings (SSSR count). The van der Waals surface area contributed by atoms with Gasteiger partial charge in [0.05, 0.1) is 12.6 Å². The van der Waals surface area contributed by atoms with Gasteiger partial charge in [0.2, 0.25) is 5.71 Å². The second kappa shape index (κ2) is 7.38. The highest BCUT2D eigenvalue weighted by molar-refractivity contribution is 6.11. The number of anilines is 1. The highest BCUT2D eigenvalue weighted by atomic mass is 16.5. The van der Waals surface area contributed by atoms with Crippen molar-refractivity contribution in [2.75, 3.05) is 12.4 Å². The van der Waals surface area contributed by atoms with E-state index in [-0.39, 0.29) is 11.7 Å². The number of ether oxygens (including phenoxy) is 1. The van der Waals surface area contributed by atoms with Gasteiger partial charge in [0.15, 0.2) is 5.76 Å². The SMILES string of the molecule is CCn1c2ccccc2c2cc(NC(=O)c3cc4cc5cc(OC)ccc5nc4o3)ccc21. The predicted molar refractivity (Wildman–Crippen MR) is 131 cm³/mol. The van der Waals surface area contributed by atoms with E-state index >= 15 is 0 Å². The fourth-order valence-corrected chi connectivity index (χ4v) is 4.52. The number of aromatic nitrogens is 2. The maximum Gasteiger partial charge on any atom is 0.291 e. The molecule has 1 amide bonds. The van der Waals surface area contributed by atoms with Crippen LogP contribution in [0.25, 0.3) is 43.8 Å². The molecule has 0 atom stereocenters. The Labute approximate surface area is 189 Å². The van der Waals surface area contributed by atoms with Gasteiger partial charge in [-0.1, -0.05) is 18.2 Å². The van der Waals surface area contributed by atoms with Crippen LogP contribution in [0.5, 0.6) is 5.75 Å². The summed E-state index contributed by atoms with van der Waals surface area (Å²) in [5.41, 5.74) is 4.26. The van der Waals surface area contributed by atoms with E-state index in [9.17, 15) is 4.79 Å². The second-order valence-electron chi connectivity index (χ2n) is 8.00. The molecular weight excluding hydrogens is 414 g/mol. The first-order chi connectivity index (χ1) is 16.1. The Morgan fingerprint density at radius 2 is 1.82 bits per heavy atom. The number of para-hydroxylation sites is 1. The van der Waals surface area contributed by atoms with E-state index in [2.05, 4.69) is 40.0 Å². The van der Waals surface area contributed by atoms with Crippen LogP contribution >= 0.6 is 0 Å². The smallest absolute Gasteiger partial charge is 0.291 e. The van der Waals surface area contributed by atoms with Crippen LogP contribution in [-0.4, -0.2) is 22.6 Å². The van der Waals surface area contributed by atoms with Crippen LogP contribution in [-0.2, 0) is 6.54 Å². The average Bonchev–Trinajstić information content (AvgIpc) is 3.40. The lowest BCUT2D eigenvalue weighted by molar-refractivity contribution is 0.0998. The predicted octanol–water partition coefficient (Wildman–Crippen LogP) is 6.37. The van der Waals surface area contributed by atoms with Crippen LogP contribution in [0, 0.1) is 0 Å². The molecule has 0 aliphatic heterocycles. The molecule has 0 saturated carbocycles. The minimum Gasteiger partial charge on any atom is -0.497 e. The van der Waals surface area contributed by atoms with E-state index in [1.54, 1.807) is 13.2 Å². The zero-order valence-electron chi connectivity index (χ0n) is 18.3. The first kappa shape index (κ1) is 19.4. The zero-order valence-corrected chi connectivity index (χ0v) is 18.3. The van der Waals surface area contributed by atoms with Crippen LogP contribution < -0.4 is 10.1 Å². The van der Waals surface area contributed by atoms with Gasteiger partial charge in [-0.3, -0.25) is 4.79 Å². The van der Waals surface area contributed by atoms with Crippen molar-refractivity contribution in [2.45, 2.75) is 13.5 Å². The first-order valence-electron chi connectivity index (χ1n) is 10.9. The van der Waals surface area contributed by atoms with Crippen molar-refractivity contribution < 1.29 is 13.9 Å². The summed E-state index contributed by atoms with van der Waals surface area (Å²) in [6, 6.07) is 23.6. The Kier molecular flexibility index (Phi) is 4.33. The standard InChI is InChI=1S/C27H21N3O3/c1-3-30-23-7-5-4-6-20(23)21-15-18(8-11-24(21)30)28-26(31)25-14-17-12-16-13-19(32-2)9-10-22(16)29-27(17)33-25/h4-15H,3H2,1-2H3,(H,28,31). The highest BCUT2D eigenvalue weighted by Gasteiger charge is 2.16. The summed E-state index contributed by atoms with van der Waals surface area (Å²) in [4.78, 5) is 17.5. The molecule has 0 bridgehead atoms. The van der Waals surface area contributed by atoms with Crippen molar-refractivity contribution >= 4 is 55.4 Å². The van der Waals surface area contributed by atoms with Crippen molar-refractivity contribution in [1.29, 1.82) is 0 Å². The highest BCUT2D eigenvalue weighted by Crippen LogP contribution is 2.31. The lowest BCUT2D eigenvalue weighted by atomic mass is 10.1. The number of carbonyl (C=O) groups excluding carboxylic acids is 1. The summed E-state index contributed by atoms with van der Waals surface area (Å²) in [6.45, 7) is 3.01. The van der Waals surface area contributed by atoms with Crippen molar-refractivity contribution in [3.63, 3.8) is 0 Å². The number of pyridine rings is 1. The average molecular weight is 435 g/mol. The van der Waals surface area contributed by atoms with Crippen molar-refractivity contribution in [3.8, 4) is 5.75 Å². The lowest BCUT2D eigenvalue weighted by Crippen LogP contribution is -2.10. The van der Waals surface area contributed by atoms with Crippen LogP contribution in [0.4, 0.5) is 5.69 Å². The maximum atomic E-state index is 13.0. The number of methoxy groups -OCH3 is 1. The molecule has 0 aliphatic carbocycles. The van der Waals surface area contributed by atoms with E-state index < -0.39 is 0 Å². The number of aryl methyl sites for hydroxylation is 1. The fourth-order valence-electron chi connectivity index (χ4n) is 4.52. The number of benzene rings is 3. The number of amides is 1. The molecule has 3 aromatic heterocycles. The van der Waals surface area contributed by atoms with Gasteiger partial charge in [-0.25, -0.2) is 4.98 Å². The molecule has 0 spiro atoms. The summed E-state index contributed by atoms with van der Waals surface area (Å²) in [5, 5.41) is 6.94. The summed E-state index contributed by atoms with van der Waals surface area (Å²) >= 11 is 0.